The average molecular weight is 337 g/mol. The van der Waals surface area contributed by atoms with Crippen LogP contribution >= 0.6 is 0 Å². The van der Waals surface area contributed by atoms with Crippen LogP contribution in [0.2, 0.25) is 0 Å². The summed E-state index contributed by atoms with van der Waals surface area (Å²) in [5.41, 5.74) is 1.50. The number of aryl methyl sites for hydroxylation is 1. The molecule has 0 heterocycles. The van der Waals surface area contributed by atoms with Crippen LogP contribution in [0.15, 0.2) is 41.3 Å². The normalized spacial score (nSPS) is 11.0. The van der Waals surface area contributed by atoms with Crippen molar-refractivity contribution in [2.24, 2.45) is 0 Å². The van der Waals surface area contributed by atoms with E-state index in [0.29, 0.717) is 17.2 Å². The summed E-state index contributed by atoms with van der Waals surface area (Å²) in [6, 6.07) is 9.88. The summed E-state index contributed by atoms with van der Waals surface area (Å²) in [6.07, 6.45) is 0. The lowest BCUT2D eigenvalue weighted by Crippen LogP contribution is -2.14. The predicted molar refractivity (Wildman–Crippen MR) is 88.1 cm³/mol. The Morgan fingerprint density at radius 2 is 1.35 bits per heavy atom. The van der Waals surface area contributed by atoms with Gasteiger partial charge in [-0.05, 0) is 19.1 Å². The Bertz CT molecular complexity index is 785. The average Bonchev–Trinajstić information content (AvgIpc) is 2.55. The molecule has 124 valence electrons. The molecule has 0 bridgehead atoms. The van der Waals surface area contributed by atoms with Gasteiger partial charge in [0.2, 0.25) is 0 Å². The molecule has 0 aliphatic rings. The molecule has 0 spiro atoms. The Balaban J connectivity index is 2.47. The van der Waals surface area contributed by atoms with Gasteiger partial charge < -0.3 is 14.2 Å². The highest BCUT2D eigenvalue weighted by Gasteiger charge is 2.23. The van der Waals surface area contributed by atoms with Gasteiger partial charge in [0.05, 0.1) is 21.3 Å². The number of nitrogens with one attached hydrogen (secondary N) is 1. The highest BCUT2D eigenvalue weighted by Crippen LogP contribution is 2.37. The first-order valence-corrected chi connectivity index (χ1v) is 8.29. The van der Waals surface area contributed by atoms with Gasteiger partial charge in [-0.3, -0.25) is 4.72 Å². The molecule has 2 aromatic carbocycles. The molecule has 7 heteroatoms. The zero-order chi connectivity index (χ0) is 17.0. The van der Waals surface area contributed by atoms with E-state index in [2.05, 4.69) is 4.72 Å². The Morgan fingerprint density at radius 1 is 0.826 bits per heavy atom. The van der Waals surface area contributed by atoms with Gasteiger partial charge in [-0.2, -0.15) is 0 Å². The number of anilines is 1. The molecule has 23 heavy (non-hydrogen) atoms. The first-order chi connectivity index (χ1) is 10.9. The van der Waals surface area contributed by atoms with Crippen LogP contribution in [-0.2, 0) is 10.0 Å². The molecule has 0 amide bonds. The van der Waals surface area contributed by atoms with Crippen molar-refractivity contribution in [3.05, 3.63) is 42.0 Å². The lowest BCUT2D eigenvalue weighted by Gasteiger charge is -2.15. The SMILES string of the molecule is COc1cc(OC)c(S(=O)(=O)Nc2ccc(C)cc2)cc1OC. The fourth-order valence-electron chi connectivity index (χ4n) is 2.04. The second-order valence-corrected chi connectivity index (χ2v) is 6.48. The maximum atomic E-state index is 12.6. The van der Waals surface area contributed by atoms with Crippen molar-refractivity contribution in [3.8, 4) is 17.2 Å². The molecule has 1 N–H and O–H groups in total. The molecule has 0 aliphatic heterocycles. The Morgan fingerprint density at radius 3 is 1.87 bits per heavy atom. The lowest BCUT2D eigenvalue weighted by atomic mass is 10.2. The second kappa shape index (κ2) is 6.78. The molecule has 0 atom stereocenters. The Hall–Kier alpha value is -2.41. The minimum atomic E-state index is -3.84. The molecule has 6 nitrogen and oxygen atoms in total. The summed E-state index contributed by atoms with van der Waals surface area (Å²) in [7, 11) is 0.465. The third-order valence-corrected chi connectivity index (χ3v) is 4.67. The number of hydrogen-bond donors (Lipinski definition) is 1. The van der Waals surface area contributed by atoms with Crippen LogP contribution < -0.4 is 18.9 Å². The van der Waals surface area contributed by atoms with Crippen LogP contribution in [-0.4, -0.2) is 29.7 Å². The van der Waals surface area contributed by atoms with Crippen molar-refractivity contribution in [1.82, 2.24) is 0 Å². The van der Waals surface area contributed by atoms with E-state index in [-0.39, 0.29) is 10.6 Å². The van der Waals surface area contributed by atoms with Gasteiger partial charge >= 0.3 is 0 Å². The summed E-state index contributed by atoms with van der Waals surface area (Å²) < 4.78 is 43.3. The van der Waals surface area contributed by atoms with Crippen molar-refractivity contribution in [1.29, 1.82) is 0 Å². The van der Waals surface area contributed by atoms with Gasteiger partial charge in [0, 0.05) is 17.8 Å². The number of hydrogen-bond acceptors (Lipinski definition) is 5. The molecular weight excluding hydrogens is 318 g/mol. The first-order valence-electron chi connectivity index (χ1n) is 6.80. The Kier molecular flexibility index (Phi) is 5.00. The van der Waals surface area contributed by atoms with Crippen LogP contribution in [0.25, 0.3) is 0 Å². The number of methoxy groups -OCH3 is 3. The number of ether oxygens (including phenoxy) is 3. The van der Waals surface area contributed by atoms with Gasteiger partial charge in [0.25, 0.3) is 10.0 Å². The van der Waals surface area contributed by atoms with Crippen LogP contribution in [0.4, 0.5) is 5.69 Å². The fraction of sp³-hybridized carbons (Fsp3) is 0.250. The molecule has 0 fully saturated rings. The van der Waals surface area contributed by atoms with Gasteiger partial charge in [-0.1, -0.05) is 17.7 Å². The molecule has 0 saturated carbocycles. The van der Waals surface area contributed by atoms with E-state index in [1.54, 1.807) is 12.1 Å². The minimum absolute atomic E-state index is 0.0294. The maximum Gasteiger partial charge on any atom is 0.265 e. The minimum Gasteiger partial charge on any atom is -0.495 e. The van der Waals surface area contributed by atoms with E-state index in [0.717, 1.165) is 5.56 Å². The van der Waals surface area contributed by atoms with Crippen LogP contribution in [0.5, 0.6) is 17.2 Å². The number of benzene rings is 2. The van der Waals surface area contributed by atoms with Crippen molar-refractivity contribution in [2.45, 2.75) is 11.8 Å². The third kappa shape index (κ3) is 3.68. The largest absolute Gasteiger partial charge is 0.495 e. The molecule has 0 aliphatic carbocycles. The van der Waals surface area contributed by atoms with E-state index in [4.69, 9.17) is 14.2 Å². The summed E-state index contributed by atoms with van der Waals surface area (Å²) in [5.74, 6) is 0.860. The van der Waals surface area contributed by atoms with Gasteiger partial charge in [0.1, 0.15) is 10.6 Å². The van der Waals surface area contributed by atoms with Crippen molar-refractivity contribution >= 4 is 15.7 Å². The van der Waals surface area contributed by atoms with E-state index in [9.17, 15) is 8.42 Å². The van der Waals surface area contributed by atoms with E-state index in [1.165, 1.54) is 33.5 Å². The number of sulfonamides is 1. The fourth-order valence-corrected chi connectivity index (χ4v) is 3.27. The van der Waals surface area contributed by atoms with Crippen LogP contribution in [0.1, 0.15) is 5.56 Å². The number of rotatable bonds is 6. The lowest BCUT2D eigenvalue weighted by molar-refractivity contribution is 0.345. The molecule has 2 aromatic rings. The highest BCUT2D eigenvalue weighted by atomic mass is 32.2. The molecular formula is C16H19NO5S. The molecule has 0 aromatic heterocycles. The standard InChI is InChI=1S/C16H19NO5S/c1-11-5-7-12(8-6-11)17-23(18,19)16-10-14(21-3)13(20-2)9-15(16)22-4/h5-10,17H,1-4H3. The summed E-state index contributed by atoms with van der Waals surface area (Å²) in [6.45, 7) is 1.93. The van der Waals surface area contributed by atoms with Crippen LogP contribution in [0, 0.1) is 6.92 Å². The molecule has 0 radical (unpaired) electrons. The van der Waals surface area contributed by atoms with Crippen molar-refractivity contribution < 1.29 is 22.6 Å². The van der Waals surface area contributed by atoms with E-state index < -0.39 is 10.0 Å². The second-order valence-electron chi connectivity index (χ2n) is 4.83. The zero-order valence-electron chi connectivity index (χ0n) is 13.4. The van der Waals surface area contributed by atoms with Crippen LogP contribution in [0.3, 0.4) is 0 Å². The molecule has 0 unspecified atom stereocenters. The van der Waals surface area contributed by atoms with Gasteiger partial charge in [0.15, 0.2) is 11.5 Å². The predicted octanol–water partition coefficient (Wildman–Crippen LogP) is 2.82. The summed E-state index contributed by atoms with van der Waals surface area (Å²) in [4.78, 5) is -0.0294. The quantitative estimate of drug-likeness (QED) is 0.877. The topological polar surface area (TPSA) is 73.9 Å². The maximum absolute atomic E-state index is 12.6. The summed E-state index contributed by atoms with van der Waals surface area (Å²) in [5, 5.41) is 0. The van der Waals surface area contributed by atoms with Crippen molar-refractivity contribution in [3.63, 3.8) is 0 Å². The van der Waals surface area contributed by atoms with E-state index in [1.807, 2.05) is 19.1 Å². The smallest absolute Gasteiger partial charge is 0.265 e. The zero-order valence-corrected chi connectivity index (χ0v) is 14.2. The first kappa shape index (κ1) is 17.0. The molecule has 0 saturated heterocycles. The van der Waals surface area contributed by atoms with Crippen molar-refractivity contribution in [2.75, 3.05) is 26.1 Å². The third-order valence-electron chi connectivity index (χ3n) is 3.26. The van der Waals surface area contributed by atoms with Gasteiger partial charge in [-0.15, -0.1) is 0 Å². The summed E-state index contributed by atoms with van der Waals surface area (Å²) >= 11 is 0. The van der Waals surface area contributed by atoms with Gasteiger partial charge in [-0.25, -0.2) is 8.42 Å². The Labute approximate surface area is 136 Å². The van der Waals surface area contributed by atoms with E-state index >= 15 is 0 Å². The monoisotopic (exact) mass is 337 g/mol. The highest BCUT2D eigenvalue weighted by molar-refractivity contribution is 7.92. The molecule has 2 rings (SSSR count).